The summed E-state index contributed by atoms with van der Waals surface area (Å²) >= 11 is 1.17. The number of carbonyl (C=O) groups is 2. The molecule has 178 valence electrons. The Hall–Kier alpha value is -3.53. The third-order valence-corrected chi connectivity index (χ3v) is 5.48. The molecule has 0 aromatic heterocycles. The fraction of sp³-hybridized carbons (Fsp3) is 0.167. The second kappa shape index (κ2) is 11.1. The van der Waals surface area contributed by atoms with E-state index in [1.54, 1.807) is 24.3 Å². The van der Waals surface area contributed by atoms with Crippen molar-refractivity contribution in [1.82, 2.24) is 0 Å². The number of hydrogen-bond acceptors (Lipinski definition) is 4. The Morgan fingerprint density at radius 1 is 0.941 bits per heavy atom. The average Bonchev–Trinajstić information content (AvgIpc) is 2.79. The molecule has 0 unspecified atom stereocenters. The van der Waals surface area contributed by atoms with E-state index in [2.05, 4.69) is 10.6 Å². The smallest absolute Gasteiger partial charge is 0.418 e. The first-order valence-corrected chi connectivity index (χ1v) is 11.1. The minimum Gasteiger partial charge on any atom is -0.494 e. The number of carbonyl (C=O) groups excluding carboxylic acids is 2. The molecule has 0 radical (unpaired) electrons. The lowest BCUT2D eigenvalue weighted by molar-refractivity contribution is -0.136. The van der Waals surface area contributed by atoms with Gasteiger partial charge in [-0.3, -0.25) is 9.59 Å². The number of amides is 2. The highest BCUT2D eigenvalue weighted by molar-refractivity contribution is 8.00. The number of hydrogen-bond donors (Lipinski definition) is 2. The van der Waals surface area contributed by atoms with Gasteiger partial charge in [-0.15, -0.1) is 11.8 Å². The summed E-state index contributed by atoms with van der Waals surface area (Å²) in [4.78, 5) is 25.3. The molecule has 0 bridgehead atoms. The highest BCUT2D eigenvalue weighted by Gasteiger charge is 2.34. The Morgan fingerprint density at radius 3 is 2.24 bits per heavy atom. The van der Waals surface area contributed by atoms with Crippen LogP contribution >= 0.6 is 11.8 Å². The Kier molecular flexibility index (Phi) is 8.17. The fourth-order valence-corrected chi connectivity index (χ4v) is 3.60. The normalized spacial score (nSPS) is 11.1. The maximum atomic E-state index is 13.6. The lowest BCUT2D eigenvalue weighted by Gasteiger charge is -2.16. The van der Waals surface area contributed by atoms with Gasteiger partial charge in [0, 0.05) is 16.1 Å². The lowest BCUT2D eigenvalue weighted by atomic mass is 10.1. The average molecular weight is 492 g/mol. The summed E-state index contributed by atoms with van der Waals surface area (Å²) in [5.74, 6) is -1.28. The number of halogens is 4. The van der Waals surface area contributed by atoms with Crippen LogP contribution in [0.3, 0.4) is 0 Å². The minimum atomic E-state index is -4.78. The van der Waals surface area contributed by atoms with Crippen LogP contribution in [0, 0.1) is 5.82 Å². The zero-order valence-electron chi connectivity index (χ0n) is 17.9. The van der Waals surface area contributed by atoms with Gasteiger partial charge in [0.1, 0.15) is 11.6 Å². The quantitative estimate of drug-likeness (QED) is 0.289. The fourth-order valence-electron chi connectivity index (χ4n) is 2.90. The molecule has 2 N–H and O–H groups in total. The predicted octanol–water partition coefficient (Wildman–Crippen LogP) is 6.23. The Balaban J connectivity index is 1.67. The van der Waals surface area contributed by atoms with Crippen molar-refractivity contribution in [2.75, 3.05) is 23.0 Å². The molecule has 0 atom stereocenters. The van der Waals surface area contributed by atoms with Gasteiger partial charge in [0.2, 0.25) is 5.91 Å². The summed E-state index contributed by atoms with van der Waals surface area (Å²) in [6, 6.07) is 14.6. The minimum absolute atomic E-state index is 0.0821. The van der Waals surface area contributed by atoms with E-state index in [1.165, 1.54) is 30.0 Å². The molecule has 0 saturated heterocycles. The molecular weight excluding hydrogens is 472 g/mol. The van der Waals surface area contributed by atoms with E-state index in [-0.39, 0.29) is 17.0 Å². The van der Waals surface area contributed by atoms with Crippen LogP contribution in [-0.2, 0) is 11.0 Å². The van der Waals surface area contributed by atoms with Gasteiger partial charge in [-0.2, -0.15) is 13.2 Å². The van der Waals surface area contributed by atoms with Gasteiger partial charge in [0.15, 0.2) is 0 Å². The SMILES string of the molecule is CCOc1ccc(SCC(=O)Nc2ccc(NC(=O)c3ccc(F)cc3)cc2C(F)(F)F)cc1. The van der Waals surface area contributed by atoms with Crippen LogP contribution in [0.2, 0.25) is 0 Å². The number of nitrogens with one attached hydrogen (secondary N) is 2. The van der Waals surface area contributed by atoms with Crippen molar-refractivity contribution in [3.8, 4) is 5.75 Å². The molecule has 0 spiro atoms. The van der Waals surface area contributed by atoms with E-state index in [0.717, 1.165) is 29.2 Å². The number of alkyl halides is 3. The molecule has 3 rings (SSSR count). The molecule has 10 heteroatoms. The van der Waals surface area contributed by atoms with Crippen LogP contribution in [0.4, 0.5) is 28.9 Å². The number of anilines is 2. The van der Waals surface area contributed by atoms with Crippen LogP contribution in [0.15, 0.2) is 71.6 Å². The van der Waals surface area contributed by atoms with Crippen LogP contribution in [-0.4, -0.2) is 24.2 Å². The lowest BCUT2D eigenvalue weighted by Crippen LogP contribution is -2.19. The van der Waals surface area contributed by atoms with Crippen molar-refractivity contribution in [2.24, 2.45) is 0 Å². The van der Waals surface area contributed by atoms with E-state index in [9.17, 15) is 27.2 Å². The van der Waals surface area contributed by atoms with Crippen molar-refractivity contribution >= 4 is 35.0 Å². The Labute approximate surface area is 197 Å². The van der Waals surface area contributed by atoms with Crippen molar-refractivity contribution < 1.29 is 31.9 Å². The van der Waals surface area contributed by atoms with E-state index < -0.39 is 35.1 Å². The molecular formula is C24H20F4N2O3S. The van der Waals surface area contributed by atoms with E-state index in [4.69, 9.17) is 4.74 Å². The van der Waals surface area contributed by atoms with Crippen LogP contribution in [0.25, 0.3) is 0 Å². The molecule has 0 aliphatic carbocycles. The van der Waals surface area contributed by atoms with Gasteiger partial charge in [-0.1, -0.05) is 0 Å². The molecule has 0 aliphatic heterocycles. The monoisotopic (exact) mass is 492 g/mol. The number of thioether (sulfide) groups is 1. The predicted molar refractivity (Wildman–Crippen MR) is 123 cm³/mol. The van der Waals surface area contributed by atoms with Crippen LogP contribution in [0.5, 0.6) is 5.75 Å². The van der Waals surface area contributed by atoms with E-state index >= 15 is 0 Å². The van der Waals surface area contributed by atoms with Crippen LogP contribution in [0.1, 0.15) is 22.8 Å². The molecule has 2 amide bonds. The molecule has 0 heterocycles. The highest BCUT2D eigenvalue weighted by Crippen LogP contribution is 2.37. The highest BCUT2D eigenvalue weighted by atomic mass is 32.2. The summed E-state index contributed by atoms with van der Waals surface area (Å²) in [5.41, 5.74) is -1.57. The molecule has 0 saturated carbocycles. The van der Waals surface area contributed by atoms with Gasteiger partial charge in [-0.05, 0) is 73.7 Å². The zero-order valence-corrected chi connectivity index (χ0v) is 18.7. The second-order valence-corrected chi connectivity index (χ2v) is 8.01. The Bertz CT molecular complexity index is 1150. The number of ether oxygens (including phenoxy) is 1. The van der Waals surface area contributed by atoms with E-state index in [0.29, 0.717) is 12.4 Å². The zero-order chi connectivity index (χ0) is 24.7. The van der Waals surface area contributed by atoms with Gasteiger partial charge in [-0.25, -0.2) is 4.39 Å². The number of rotatable bonds is 8. The Morgan fingerprint density at radius 2 is 1.62 bits per heavy atom. The molecule has 3 aromatic carbocycles. The standard InChI is InChI=1S/C24H20F4N2O3S/c1-2-33-18-8-10-19(11-9-18)34-14-22(31)30-21-12-7-17(13-20(21)24(26,27)28)29-23(32)15-3-5-16(25)6-4-15/h3-13H,2,14H2,1H3,(H,29,32)(H,30,31). The second-order valence-electron chi connectivity index (χ2n) is 6.96. The molecule has 0 fully saturated rings. The largest absolute Gasteiger partial charge is 0.494 e. The third-order valence-electron chi connectivity index (χ3n) is 4.47. The van der Waals surface area contributed by atoms with Gasteiger partial charge < -0.3 is 15.4 Å². The first-order chi connectivity index (χ1) is 16.2. The molecule has 34 heavy (non-hydrogen) atoms. The van der Waals surface area contributed by atoms with Crippen molar-refractivity contribution in [3.05, 3.63) is 83.7 Å². The summed E-state index contributed by atoms with van der Waals surface area (Å²) in [7, 11) is 0. The van der Waals surface area contributed by atoms with Crippen molar-refractivity contribution in [2.45, 2.75) is 18.0 Å². The summed E-state index contributed by atoms with van der Waals surface area (Å²) in [6.45, 7) is 2.37. The topological polar surface area (TPSA) is 67.4 Å². The molecule has 3 aromatic rings. The van der Waals surface area contributed by atoms with Crippen LogP contribution < -0.4 is 15.4 Å². The maximum absolute atomic E-state index is 13.6. The first-order valence-electron chi connectivity index (χ1n) is 10.1. The van der Waals surface area contributed by atoms with E-state index in [1.807, 2.05) is 6.92 Å². The molecule has 0 aliphatic rings. The third kappa shape index (κ3) is 6.98. The maximum Gasteiger partial charge on any atom is 0.418 e. The van der Waals surface area contributed by atoms with Gasteiger partial charge in [0.05, 0.1) is 23.6 Å². The summed E-state index contributed by atoms with van der Waals surface area (Å²) < 4.78 is 59.2. The molecule has 5 nitrogen and oxygen atoms in total. The summed E-state index contributed by atoms with van der Waals surface area (Å²) in [5, 5.41) is 4.62. The summed E-state index contributed by atoms with van der Waals surface area (Å²) in [6.07, 6.45) is -4.78. The van der Waals surface area contributed by atoms with Gasteiger partial charge in [0.25, 0.3) is 5.91 Å². The van der Waals surface area contributed by atoms with Crippen molar-refractivity contribution in [1.29, 1.82) is 0 Å². The van der Waals surface area contributed by atoms with Crippen molar-refractivity contribution in [3.63, 3.8) is 0 Å². The van der Waals surface area contributed by atoms with Gasteiger partial charge >= 0.3 is 6.18 Å². The first kappa shape index (κ1) is 25.1. The number of benzene rings is 3.